The molecule has 0 bridgehead atoms. The van der Waals surface area contributed by atoms with E-state index in [9.17, 15) is 0 Å². The average Bonchev–Trinajstić information content (AvgIpc) is 3.13. The minimum atomic E-state index is 0.411. The molecule has 0 aliphatic carbocycles. The van der Waals surface area contributed by atoms with Gasteiger partial charge in [0.15, 0.2) is 0 Å². The van der Waals surface area contributed by atoms with Gasteiger partial charge in [-0.1, -0.05) is 11.2 Å². The molecule has 0 saturated carbocycles. The zero-order valence-electron chi connectivity index (χ0n) is 13.7. The first kappa shape index (κ1) is 15.0. The number of rotatable bonds is 5. The van der Waals surface area contributed by atoms with Crippen LogP contribution in [0.3, 0.4) is 0 Å². The van der Waals surface area contributed by atoms with E-state index in [4.69, 9.17) is 4.52 Å². The third-order valence-electron chi connectivity index (χ3n) is 4.52. The van der Waals surface area contributed by atoms with Gasteiger partial charge in [-0.05, 0) is 40.2 Å². The van der Waals surface area contributed by atoms with E-state index in [0.717, 1.165) is 36.8 Å². The third-order valence-corrected chi connectivity index (χ3v) is 4.52. The molecule has 1 atom stereocenters. The number of aromatic nitrogens is 3. The van der Waals surface area contributed by atoms with Gasteiger partial charge in [0.05, 0.1) is 17.9 Å². The molecule has 0 radical (unpaired) electrons. The van der Waals surface area contributed by atoms with Crippen LogP contribution in [0.25, 0.3) is 0 Å². The van der Waals surface area contributed by atoms with E-state index in [-0.39, 0.29) is 0 Å². The number of likely N-dealkylation sites (tertiary alicyclic amines) is 1. The molecule has 3 heterocycles. The van der Waals surface area contributed by atoms with Crippen molar-refractivity contribution in [2.45, 2.75) is 52.7 Å². The summed E-state index contributed by atoms with van der Waals surface area (Å²) in [5.74, 6) is 0.952. The van der Waals surface area contributed by atoms with Gasteiger partial charge in [-0.3, -0.25) is 9.58 Å². The molecule has 0 unspecified atom stereocenters. The fourth-order valence-electron chi connectivity index (χ4n) is 3.47. The number of hydrogen-bond donors (Lipinski definition) is 0. The molecule has 0 aromatic carbocycles. The molecule has 5 heteroatoms. The van der Waals surface area contributed by atoms with Crippen molar-refractivity contribution >= 4 is 0 Å². The van der Waals surface area contributed by atoms with Crippen molar-refractivity contribution in [2.24, 2.45) is 0 Å². The van der Waals surface area contributed by atoms with Crippen LogP contribution in [0.15, 0.2) is 23.4 Å². The lowest BCUT2D eigenvalue weighted by Gasteiger charge is -2.24. The van der Waals surface area contributed by atoms with Crippen LogP contribution in [0.2, 0.25) is 0 Å². The van der Waals surface area contributed by atoms with Gasteiger partial charge in [0.1, 0.15) is 5.76 Å². The molecule has 2 aromatic heterocycles. The Hall–Kier alpha value is -1.88. The minimum Gasteiger partial charge on any atom is -0.361 e. The van der Waals surface area contributed by atoms with Gasteiger partial charge in [0.25, 0.3) is 0 Å². The minimum absolute atomic E-state index is 0.411. The highest BCUT2D eigenvalue weighted by Gasteiger charge is 2.31. The van der Waals surface area contributed by atoms with E-state index in [1.165, 1.54) is 24.0 Å². The fraction of sp³-hybridized carbons (Fsp3) is 0.529. The fourth-order valence-corrected chi connectivity index (χ4v) is 3.47. The summed E-state index contributed by atoms with van der Waals surface area (Å²) < 4.78 is 7.32. The first-order valence-corrected chi connectivity index (χ1v) is 7.90. The van der Waals surface area contributed by atoms with E-state index in [1.807, 2.05) is 24.6 Å². The lowest BCUT2D eigenvalue weighted by Crippen LogP contribution is -2.23. The van der Waals surface area contributed by atoms with Gasteiger partial charge >= 0.3 is 0 Å². The number of aryl methyl sites for hydroxylation is 3. The lowest BCUT2D eigenvalue weighted by atomic mass is 10.0. The summed E-state index contributed by atoms with van der Waals surface area (Å²) in [6.07, 6.45) is 6.40. The predicted octanol–water partition coefficient (Wildman–Crippen LogP) is 3.32. The summed E-state index contributed by atoms with van der Waals surface area (Å²) in [5.41, 5.74) is 4.69. The predicted molar refractivity (Wildman–Crippen MR) is 85.5 cm³/mol. The summed E-state index contributed by atoms with van der Waals surface area (Å²) >= 11 is 0. The third kappa shape index (κ3) is 2.73. The topological polar surface area (TPSA) is 47.1 Å². The largest absolute Gasteiger partial charge is 0.361 e. The highest BCUT2D eigenvalue weighted by molar-refractivity contribution is 5.27. The smallest absolute Gasteiger partial charge is 0.138 e. The van der Waals surface area contributed by atoms with E-state index in [0.29, 0.717) is 6.04 Å². The Morgan fingerprint density at radius 1 is 1.36 bits per heavy atom. The zero-order chi connectivity index (χ0) is 15.7. The van der Waals surface area contributed by atoms with Crippen molar-refractivity contribution in [3.05, 3.63) is 47.1 Å². The normalized spacial score (nSPS) is 19.0. The molecule has 2 aromatic rings. The van der Waals surface area contributed by atoms with Crippen LogP contribution in [0, 0.1) is 20.8 Å². The standard InChI is InChI=1S/C17H24N4O/c1-5-8-21-11-15(12(2)18-21)10-20-9-6-7-16(20)17-13(3)19-22-14(17)4/h5,11,16H,1,6-10H2,2-4H3/t16-/m0/s1. The van der Waals surface area contributed by atoms with Crippen LogP contribution < -0.4 is 0 Å². The lowest BCUT2D eigenvalue weighted by molar-refractivity contribution is 0.245. The first-order chi connectivity index (χ1) is 10.6. The quantitative estimate of drug-likeness (QED) is 0.795. The average molecular weight is 300 g/mol. The van der Waals surface area contributed by atoms with Crippen molar-refractivity contribution < 1.29 is 4.52 Å². The van der Waals surface area contributed by atoms with Gasteiger partial charge in [0, 0.05) is 29.9 Å². The van der Waals surface area contributed by atoms with Crippen molar-refractivity contribution in [2.75, 3.05) is 6.54 Å². The molecular formula is C17H24N4O. The molecular weight excluding hydrogens is 276 g/mol. The summed E-state index contributed by atoms with van der Waals surface area (Å²) in [4.78, 5) is 2.52. The van der Waals surface area contributed by atoms with Gasteiger partial charge < -0.3 is 4.52 Å². The molecule has 3 rings (SSSR count). The molecule has 0 spiro atoms. The van der Waals surface area contributed by atoms with E-state index in [1.54, 1.807) is 0 Å². The number of hydrogen-bond acceptors (Lipinski definition) is 4. The molecule has 5 nitrogen and oxygen atoms in total. The van der Waals surface area contributed by atoms with Crippen molar-refractivity contribution in [3.8, 4) is 0 Å². The maximum absolute atomic E-state index is 5.36. The monoisotopic (exact) mass is 300 g/mol. The van der Waals surface area contributed by atoms with Crippen molar-refractivity contribution in [3.63, 3.8) is 0 Å². The van der Waals surface area contributed by atoms with Crippen LogP contribution in [0.1, 0.15) is 47.2 Å². The second kappa shape index (κ2) is 6.08. The summed E-state index contributed by atoms with van der Waals surface area (Å²) in [7, 11) is 0. The zero-order valence-corrected chi connectivity index (χ0v) is 13.7. The number of nitrogens with zero attached hydrogens (tertiary/aromatic N) is 4. The van der Waals surface area contributed by atoms with Crippen LogP contribution in [-0.2, 0) is 13.1 Å². The SMILES string of the molecule is C=CCn1cc(CN2CCC[C@H]2c2c(C)noc2C)c(C)n1. The van der Waals surface area contributed by atoms with Crippen molar-refractivity contribution in [1.82, 2.24) is 19.8 Å². The second-order valence-electron chi connectivity index (χ2n) is 6.12. The van der Waals surface area contributed by atoms with E-state index in [2.05, 4.69) is 34.9 Å². The van der Waals surface area contributed by atoms with E-state index >= 15 is 0 Å². The molecule has 1 aliphatic heterocycles. The Morgan fingerprint density at radius 2 is 2.18 bits per heavy atom. The van der Waals surface area contributed by atoms with E-state index < -0.39 is 0 Å². The Balaban J connectivity index is 1.81. The molecule has 1 fully saturated rings. The summed E-state index contributed by atoms with van der Waals surface area (Å²) in [6.45, 7) is 12.7. The number of allylic oxidation sites excluding steroid dienone is 1. The second-order valence-corrected chi connectivity index (χ2v) is 6.12. The van der Waals surface area contributed by atoms with Crippen LogP contribution >= 0.6 is 0 Å². The highest BCUT2D eigenvalue weighted by atomic mass is 16.5. The highest BCUT2D eigenvalue weighted by Crippen LogP contribution is 2.36. The maximum Gasteiger partial charge on any atom is 0.138 e. The van der Waals surface area contributed by atoms with Gasteiger partial charge in [0.2, 0.25) is 0 Å². The summed E-state index contributed by atoms with van der Waals surface area (Å²) in [6, 6.07) is 0.411. The molecule has 1 saturated heterocycles. The molecule has 0 N–H and O–H groups in total. The van der Waals surface area contributed by atoms with Gasteiger partial charge in [-0.2, -0.15) is 5.10 Å². The maximum atomic E-state index is 5.36. The van der Waals surface area contributed by atoms with Crippen LogP contribution in [0.5, 0.6) is 0 Å². The molecule has 22 heavy (non-hydrogen) atoms. The Kier molecular flexibility index (Phi) is 4.16. The molecule has 0 amide bonds. The Bertz CT molecular complexity index is 651. The van der Waals surface area contributed by atoms with Gasteiger partial charge in [-0.25, -0.2) is 0 Å². The first-order valence-electron chi connectivity index (χ1n) is 7.90. The Morgan fingerprint density at radius 3 is 2.86 bits per heavy atom. The van der Waals surface area contributed by atoms with Crippen molar-refractivity contribution in [1.29, 1.82) is 0 Å². The van der Waals surface area contributed by atoms with Crippen LogP contribution in [-0.4, -0.2) is 26.4 Å². The summed E-state index contributed by atoms with van der Waals surface area (Å²) in [5, 5.41) is 8.67. The van der Waals surface area contributed by atoms with Crippen LogP contribution in [0.4, 0.5) is 0 Å². The Labute approximate surface area is 131 Å². The molecule has 118 valence electrons. The molecule has 1 aliphatic rings. The van der Waals surface area contributed by atoms with Gasteiger partial charge in [-0.15, -0.1) is 6.58 Å².